The Morgan fingerprint density at radius 1 is 0.336 bits per heavy atom. The molecule has 0 saturated heterocycles. The summed E-state index contributed by atoms with van der Waals surface area (Å²) in [6.45, 7) is 10.2. The van der Waals surface area contributed by atoms with Gasteiger partial charge in [-0.15, -0.1) is 0 Å². The minimum absolute atomic E-state index is 0.0208. The Kier molecular flexibility index (Phi) is 45.1. The van der Waals surface area contributed by atoms with Crippen LogP contribution >= 0.6 is 0 Å². The number of hydrogen-bond acceptors (Lipinski definition) is 19. The number of aliphatic carboxylic acids is 1. The van der Waals surface area contributed by atoms with E-state index in [1.807, 2.05) is 13.8 Å². The van der Waals surface area contributed by atoms with E-state index < -0.39 is 149 Å². The summed E-state index contributed by atoms with van der Waals surface area (Å²) < 4.78 is 0. The molecule has 39 heteroatoms. The second-order valence-corrected chi connectivity index (χ2v) is 27.5. The number of aliphatic imine (C=N–C) groups is 4. The van der Waals surface area contributed by atoms with Crippen molar-refractivity contribution >= 4 is 94.8 Å². The average molecular weight is 1550 g/mol. The van der Waals surface area contributed by atoms with Gasteiger partial charge in [-0.3, -0.25) is 77.5 Å². The number of hydrogen-bond donors (Lipinski definition) is 23. The van der Waals surface area contributed by atoms with Crippen molar-refractivity contribution in [3.05, 3.63) is 71.8 Å². The lowest BCUT2D eigenvalue weighted by Gasteiger charge is -2.29. The zero-order valence-electron chi connectivity index (χ0n) is 64.1. The second kappa shape index (κ2) is 52.2. The fraction of sp³-hybridized carbons (Fsp3) is 0.606. The fourth-order valence-electron chi connectivity index (χ4n) is 11.1. The first-order valence-corrected chi connectivity index (χ1v) is 37.1. The highest BCUT2D eigenvalue weighted by molar-refractivity contribution is 5.99. The molecule has 0 saturated carbocycles. The van der Waals surface area contributed by atoms with Gasteiger partial charge >= 0.3 is 5.97 Å². The molecule has 110 heavy (non-hydrogen) atoms. The number of nitrogens with one attached hydrogen (secondary N) is 11. The van der Waals surface area contributed by atoms with Crippen LogP contribution in [0, 0.1) is 11.8 Å². The lowest BCUT2D eigenvalue weighted by molar-refractivity contribution is -0.142. The van der Waals surface area contributed by atoms with Gasteiger partial charge in [0, 0.05) is 39.0 Å². The van der Waals surface area contributed by atoms with Crippen LogP contribution in [0.25, 0.3) is 0 Å². The first-order chi connectivity index (χ1) is 52.1. The molecule has 0 aliphatic rings. The molecule has 0 radical (unpaired) electrons. The van der Waals surface area contributed by atoms with E-state index in [-0.39, 0.29) is 133 Å². The minimum Gasteiger partial charge on any atom is -0.480 e. The molecule has 34 N–H and O–H groups in total. The summed E-state index contributed by atoms with van der Waals surface area (Å²) in [6, 6.07) is 1.07. The molecule has 0 fully saturated rings. The van der Waals surface area contributed by atoms with Gasteiger partial charge in [-0.25, -0.2) is 0 Å². The summed E-state index contributed by atoms with van der Waals surface area (Å²) in [7, 11) is 0. The third kappa shape index (κ3) is 39.2. The number of nitrogens with two attached hydrogens (primary N) is 11. The monoisotopic (exact) mass is 1550 g/mol. The SMILES string of the molecule is CC(C)C[C@@H](NC(=O)[C@@H](CCCCN)NC(=O)[C@H](N)CCCCN)C(=O)N[C@@H](C(=O)N[C@H](Cc1ccccc1)C(=O)N[C@H](Cc1ccccc1)C(=O)N[C@H](C)C(=O)N[C@H](CCCN=C(N)N)C(=O)N[C@H](CCCN=C(N)N)C(=O)N[C@H](CCCN=C(N)N)C(=O)N[C@H](CCCN=C(N)N)C(=O)N[C@H](C)C(=O)O)C(C)C. The molecule has 2 aromatic rings. The van der Waals surface area contributed by atoms with Gasteiger partial charge in [0.25, 0.3) is 0 Å². The number of unbranched alkanes of at least 4 members (excludes halogenated alkanes) is 2. The molecule has 0 aromatic heterocycles. The van der Waals surface area contributed by atoms with E-state index in [0.717, 1.165) is 0 Å². The molecule has 0 bridgehead atoms. The number of amides is 11. The molecule has 2 rings (SSSR count). The largest absolute Gasteiger partial charge is 0.480 e. The van der Waals surface area contributed by atoms with Gasteiger partial charge < -0.3 is 127 Å². The Balaban J connectivity index is 2.63. The van der Waals surface area contributed by atoms with Crippen molar-refractivity contribution < 1.29 is 62.6 Å². The Labute approximate surface area is 642 Å². The van der Waals surface area contributed by atoms with Crippen molar-refractivity contribution in [2.45, 2.75) is 223 Å². The van der Waals surface area contributed by atoms with Gasteiger partial charge in [-0.1, -0.05) is 94.8 Å². The van der Waals surface area contributed by atoms with Crippen LogP contribution in [-0.2, 0) is 70.4 Å². The van der Waals surface area contributed by atoms with Crippen LogP contribution in [0.3, 0.4) is 0 Å². The molecule has 11 amide bonds. The fourth-order valence-corrected chi connectivity index (χ4v) is 11.1. The predicted octanol–water partition coefficient (Wildman–Crippen LogP) is -5.57. The molecule has 2 aromatic carbocycles. The molecule has 614 valence electrons. The van der Waals surface area contributed by atoms with Crippen molar-refractivity contribution in [1.29, 1.82) is 0 Å². The first kappa shape index (κ1) is 95.1. The number of carboxylic acid groups (broad SMARTS) is 1. The number of carbonyl (C=O) groups is 12. The molecule has 12 atom stereocenters. The molecule has 39 nitrogen and oxygen atoms in total. The standard InChI is InChI=1S/C71H122N26O13/c1-40(2)37-52(94-62(104)47(26-14-16-32-73)90-57(99)46(74)25-13-15-31-72)65(107)97-55(41(3)4)66(108)96-54(39-45-23-11-8-12-24-45)64(106)95-53(38-44-21-9-7-10-22-44)63(105)87-42(5)56(98)89-49(28-18-34-84-69(77)78)59(101)92-51(30-20-36-86-71(81)82)61(103)93-50(29-19-35-85-70(79)80)60(102)91-48(27-17-33-83-68(75)76)58(100)88-43(6)67(109)110/h7-12,21-24,40-43,46-55H,13-20,25-39,72-74H2,1-6H3,(H,87,105)(H,88,100)(H,89,98)(H,90,99)(H,91,102)(H,92,101)(H,93,103)(H,94,104)(H,95,106)(H,96,108)(H,97,107)(H,109,110)(H4,75,76,83)(H4,77,78,84)(H4,79,80,85)(H4,81,82,86)/t42-,43-,46-,47-,48-,49-,50-,51-,52-,53-,54-,55-/m1/s1. The lowest BCUT2D eigenvalue weighted by atomic mass is 9.98. The summed E-state index contributed by atoms with van der Waals surface area (Å²) in [5.41, 5.74) is 63.2. The van der Waals surface area contributed by atoms with Gasteiger partial charge in [-0.2, -0.15) is 0 Å². The van der Waals surface area contributed by atoms with Crippen LogP contribution in [0.1, 0.15) is 149 Å². The number of carboxylic acids is 1. The zero-order chi connectivity index (χ0) is 82.4. The first-order valence-electron chi connectivity index (χ1n) is 37.1. The van der Waals surface area contributed by atoms with Crippen LogP contribution in [0.5, 0.6) is 0 Å². The van der Waals surface area contributed by atoms with Crippen molar-refractivity contribution in [2.24, 2.45) is 94.9 Å². The summed E-state index contributed by atoms with van der Waals surface area (Å²) in [4.78, 5) is 185. The van der Waals surface area contributed by atoms with Gasteiger partial charge in [0.2, 0.25) is 65.0 Å². The van der Waals surface area contributed by atoms with Crippen LogP contribution in [0.2, 0.25) is 0 Å². The van der Waals surface area contributed by atoms with E-state index >= 15 is 0 Å². The van der Waals surface area contributed by atoms with E-state index in [1.54, 1.807) is 74.5 Å². The smallest absolute Gasteiger partial charge is 0.325 e. The Bertz CT molecular complexity index is 3370. The third-order valence-electron chi connectivity index (χ3n) is 17.1. The third-order valence-corrected chi connectivity index (χ3v) is 17.1. The van der Waals surface area contributed by atoms with E-state index in [2.05, 4.69) is 78.5 Å². The van der Waals surface area contributed by atoms with Crippen LogP contribution < -0.4 is 122 Å². The van der Waals surface area contributed by atoms with E-state index in [4.69, 9.17) is 63.1 Å². The van der Waals surface area contributed by atoms with Crippen LogP contribution in [0.4, 0.5) is 0 Å². The molecule has 0 unspecified atom stereocenters. The molecule has 0 heterocycles. The number of nitrogens with zero attached hydrogens (tertiary/aromatic N) is 4. The molecular formula is C71H122N26O13. The second-order valence-electron chi connectivity index (χ2n) is 27.5. The lowest BCUT2D eigenvalue weighted by Crippen LogP contribution is -2.61. The number of benzene rings is 2. The van der Waals surface area contributed by atoms with E-state index in [1.165, 1.54) is 13.8 Å². The molecule has 0 aliphatic heterocycles. The summed E-state index contributed by atoms with van der Waals surface area (Å²) >= 11 is 0. The van der Waals surface area contributed by atoms with Crippen LogP contribution in [0.15, 0.2) is 80.6 Å². The van der Waals surface area contributed by atoms with E-state index in [9.17, 15) is 62.6 Å². The van der Waals surface area contributed by atoms with Gasteiger partial charge in [0.1, 0.15) is 66.5 Å². The van der Waals surface area contributed by atoms with Crippen molar-refractivity contribution in [3.8, 4) is 0 Å². The summed E-state index contributed by atoms with van der Waals surface area (Å²) in [5, 5.41) is 38.9. The molecule has 0 aliphatic carbocycles. The highest BCUT2D eigenvalue weighted by Crippen LogP contribution is 2.15. The Morgan fingerprint density at radius 3 is 0.982 bits per heavy atom. The molecule has 0 spiro atoms. The summed E-state index contributed by atoms with van der Waals surface area (Å²) in [6.07, 6.45) is 2.30. The number of rotatable bonds is 54. The normalized spacial score (nSPS) is 14.3. The van der Waals surface area contributed by atoms with E-state index in [0.29, 0.717) is 56.3 Å². The minimum atomic E-state index is -1.51. The highest BCUT2D eigenvalue weighted by Gasteiger charge is 2.37. The van der Waals surface area contributed by atoms with Crippen molar-refractivity contribution in [2.75, 3.05) is 39.3 Å². The van der Waals surface area contributed by atoms with Crippen molar-refractivity contribution in [3.63, 3.8) is 0 Å². The van der Waals surface area contributed by atoms with Crippen molar-refractivity contribution in [1.82, 2.24) is 58.5 Å². The number of carbonyl (C=O) groups excluding carboxylic acids is 11. The maximum absolute atomic E-state index is 14.9. The zero-order valence-corrected chi connectivity index (χ0v) is 64.1. The quantitative estimate of drug-likeness (QED) is 0.0167. The predicted molar refractivity (Wildman–Crippen MR) is 418 cm³/mol. The Morgan fingerprint density at radius 2 is 0.627 bits per heavy atom. The van der Waals surface area contributed by atoms with Gasteiger partial charge in [0.15, 0.2) is 23.8 Å². The summed E-state index contributed by atoms with van der Waals surface area (Å²) in [5.74, 6) is -12.3. The highest BCUT2D eigenvalue weighted by atomic mass is 16.4. The average Bonchev–Trinajstić information content (AvgIpc) is 0.917. The van der Waals surface area contributed by atoms with Gasteiger partial charge in [0.05, 0.1) is 6.04 Å². The molecular weight excluding hydrogens is 1420 g/mol. The Hall–Kier alpha value is -11.0. The number of guanidine groups is 4. The maximum atomic E-state index is 14.9. The van der Waals surface area contributed by atoms with Gasteiger partial charge in [-0.05, 0) is 140 Å². The maximum Gasteiger partial charge on any atom is 0.325 e. The topological polar surface area (TPSA) is 693 Å². The van der Waals surface area contributed by atoms with Crippen LogP contribution in [-0.4, -0.2) is 212 Å².